The lowest BCUT2D eigenvalue weighted by atomic mass is 9.94. The minimum absolute atomic E-state index is 0.905. The van der Waals surface area contributed by atoms with Gasteiger partial charge in [-0.25, -0.2) is 0 Å². The smallest absolute Gasteiger partial charge is 0.126 e. The number of H-pyrrole nitrogens is 1. The zero-order valence-electron chi connectivity index (χ0n) is 13.9. The summed E-state index contributed by atoms with van der Waals surface area (Å²) in [6, 6.07) is 27.5. The van der Waals surface area contributed by atoms with Gasteiger partial charge in [0, 0.05) is 27.2 Å². The van der Waals surface area contributed by atoms with Crippen LogP contribution >= 0.6 is 0 Å². The zero-order chi connectivity index (χ0) is 16.8. The van der Waals surface area contributed by atoms with Crippen molar-refractivity contribution < 1.29 is 4.74 Å². The van der Waals surface area contributed by atoms with Crippen molar-refractivity contribution in [2.45, 2.75) is 0 Å². The van der Waals surface area contributed by atoms with Crippen LogP contribution in [0.2, 0.25) is 0 Å². The summed E-state index contributed by atoms with van der Waals surface area (Å²) in [6.07, 6.45) is 0. The molecule has 2 nitrogen and oxygen atoms in total. The molecule has 0 fully saturated rings. The molecule has 2 heteroatoms. The van der Waals surface area contributed by atoms with Crippen molar-refractivity contribution in [1.82, 2.24) is 4.98 Å². The fourth-order valence-electron chi connectivity index (χ4n) is 3.78. The molecule has 0 bridgehead atoms. The SMILES string of the molecule is COc1cccc2c(-c3ccccc3)c3[nH]c4ccccc4c3cc12. The first-order valence-corrected chi connectivity index (χ1v) is 8.42. The number of hydrogen-bond acceptors (Lipinski definition) is 1. The van der Waals surface area contributed by atoms with Gasteiger partial charge in [0.2, 0.25) is 0 Å². The highest BCUT2D eigenvalue weighted by Gasteiger charge is 2.15. The van der Waals surface area contributed by atoms with Crippen LogP contribution in [0, 0.1) is 0 Å². The molecule has 5 aromatic rings. The molecule has 1 heterocycles. The fourth-order valence-corrected chi connectivity index (χ4v) is 3.78. The Kier molecular flexibility index (Phi) is 3.04. The highest BCUT2D eigenvalue weighted by Crippen LogP contribution is 2.41. The summed E-state index contributed by atoms with van der Waals surface area (Å²) >= 11 is 0. The third-order valence-corrected chi connectivity index (χ3v) is 4.90. The van der Waals surface area contributed by atoms with Crippen molar-refractivity contribution in [3.8, 4) is 16.9 Å². The number of fused-ring (bicyclic) bond motifs is 4. The van der Waals surface area contributed by atoms with Gasteiger partial charge in [0.25, 0.3) is 0 Å². The third kappa shape index (κ3) is 2.04. The number of hydrogen-bond donors (Lipinski definition) is 1. The highest BCUT2D eigenvalue weighted by molar-refractivity contribution is 6.20. The molecule has 120 valence electrons. The van der Waals surface area contributed by atoms with E-state index in [4.69, 9.17) is 4.74 Å². The number of benzene rings is 4. The summed E-state index contributed by atoms with van der Waals surface area (Å²) < 4.78 is 5.65. The van der Waals surface area contributed by atoms with Crippen LogP contribution in [0.5, 0.6) is 5.75 Å². The second-order valence-electron chi connectivity index (χ2n) is 6.27. The molecule has 0 aliphatic rings. The van der Waals surface area contributed by atoms with Gasteiger partial charge in [0.1, 0.15) is 5.75 Å². The molecule has 0 radical (unpaired) electrons. The maximum absolute atomic E-state index is 5.65. The van der Waals surface area contributed by atoms with Crippen molar-refractivity contribution in [2.75, 3.05) is 7.11 Å². The predicted molar refractivity (Wildman–Crippen MR) is 105 cm³/mol. The average Bonchev–Trinajstić information content (AvgIpc) is 3.04. The van der Waals surface area contributed by atoms with Crippen LogP contribution in [-0.4, -0.2) is 12.1 Å². The molecule has 5 rings (SSSR count). The van der Waals surface area contributed by atoms with Crippen LogP contribution in [0.15, 0.2) is 78.9 Å². The molecule has 0 aliphatic carbocycles. The van der Waals surface area contributed by atoms with E-state index in [2.05, 4.69) is 77.8 Å². The van der Waals surface area contributed by atoms with E-state index in [1.807, 2.05) is 6.07 Å². The number of ether oxygens (including phenoxy) is 1. The maximum Gasteiger partial charge on any atom is 0.126 e. The average molecular weight is 323 g/mol. The van der Waals surface area contributed by atoms with Crippen molar-refractivity contribution in [3.63, 3.8) is 0 Å². The van der Waals surface area contributed by atoms with Crippen LogP contribution in [0.25, 0.3) is 43.7 Å². The number of aromatic nitrogens is 1. The number of para-hydroxylation sites is 1. The quantitative estimate of drug-likeness (QED) is 0.414. The van der Waals surface area contributed by atoms with Crippen molar-refractivity contribution >= 4 is 32.6 Å². The first-order chi connectivity index (χ1) is 12.4. The van der Waals surface area contributed by atoms with E-state index in [1.165, 1.54) is 32.8 Å². The molecule has 25 heavy (non-hydrogen) atoms. The molecule has 0 saturated heterocycles. The lowest BCUT2D eigenvalue weighted by molar-refractivity contribution is 0.420. The van der Waals surface area contributed by atoms with E-state index >= 15 is 0 Å². The minimum atomic E-state index is 0.905. The van der Waals surface area contributed by atoms with Gasteiger partial charge in [-0.2, -0.15) is 0 Å². The second-order valence-corrected chi connectivity index (χ2v) is 6.27. The van der Waals surface area contributed by atoms with Crippen molar-refractivity contribution in [3.05, 3.63) is 78.9 Å². The lowest BCUT2D eigenvalue weighted by Crippen LogP contribution is -1.88. The molecule has 4 aromatic carbocycles. The Morgan fingerprint density at radius 1 is 0.680 bits per heavy atom. The van der Waals surface area contributed by atoms with Crippen LogP contribution in [0.4, 0.5) is 0 Å². The molecular formula is C23H17NO. The minimum Gasteiger partial charge on any atom is -0.496 e. The Balaban J connectivity index is 2.06. The normalized spacial score (nSPS) is 11.4. The van der Waals surface area contributed by atoms with Gasteiger partial charge >= 0.3 is 0 Å². The molecule has 0 atom stereocenters. The van der Waals surface area contributed by atoms with Gasteiger partial charge in [-0.15, -0.1) is 0 Å². The largest absolute Gasteiger partial charge is 0.496 e. The Morgan fingerprint density at radius 2 is 1.44 bits per heavy atom. The third-order valence-electron chi connectivity index (χ3n) is 4.90. The zero-order valence-corrected chi connectivity index (χ0v) is 13.9. The van der Waals surface area contributed by atoms with Gasteiger partial charge < -0.3 is 9.72 Å². The molecular weight excluding hydrogens is 306 g/mol. The Hall–Kier alpha value is -3.26. The summed E-state index contributed by atoms with van der Waals surface area (Å²) in [4.78, 5) is 3.63. The predicted octanol–water partition coefficient (Wildman–Crippen LogP) is 6.15. The van der Waals surface area contributed by atoms with E-state index < -0.39 is 0 Å². The summed E-state index contributed by atoms with van der Waals surface area (Å²) in [5.74, 6) is 0.905. The summed E-state index contributed by atoms with van der Waals surface area (Å²) in [5.41, 5.74) is 4.76. The van der Waals surface area contributed by atoms with Gasteiger partial charge in [-0.05, 0) is 29.1 Å². The van der Waals surface area contributed by atoms with E-state index in [0.717, 1.165) is 16.7 Å². The van der Waals surface area contributed by atoms with Crippen LogP contribution < -0.4 is 4.74 Å². The molecule has 0 spiro atoms. The summed E-state index contributed by atoms with van der Waals surface area (Å²) in [7, 11) is 1.73. The topological polar surface area (TPSA) is 25.0 Å². The van der Waals surface area contributed by atoms with Crippen LogP contribution in [0.1, 0.15) is 0 Å². The second kappa shape index (κ2) is 5.38. The van der Waals surface area contributed by atoms with Gasteiger partial charge in [0.05, 0.1) is 12.6 Å². The summed E-state index contributed by atoms with van der Waals surface area (Å²) in [5, 5.41) is 4.81. The van der Waals surface area contributed by atoms with Crippen LogP contribution in [-0.2, 0) is 0 Å². The maximum atomic E-state index is 5.65. The molecule has 0 aliphatic heterocycles. The number of methoxy groups -OCH3 is 1. The highest BCUT2D eigenvalue weighted by atomic mass is 16.5. The molecule has 1 aromatic heterocycles. The number of aromatic amines is 1. The number of nitrogens with one attached hydrogen (secondary N) is 1. The van der Waals surface area contributed by atoms with Crippen molar-refractivity contribution in [2.24, 2.45) is 0 Å². The Morgan fingerprint density at radius 3 is 2.28 bits per heavy atom. The van der Waals surface area contributed by atoms with E-state index in [-0.39, 0.29) is 0 Å². The van der Waals surface area contributed by atoms with Crippen molar-refractivity contribution in [1.29, 1.82) is 0 Å². The van der Waals surface area contributed by atoms with E-state index in [1.54, 1.807) is 7.11 Å². The summed E-state index contributed by atoms with van der Waals surface area (Å²) in [6.45, 7) is 0. The van der Waals surface area contributed by atoms with Gasteiger partial charge in [0.15, 0.2) is 0 Å². The first-order valence-electron chi connectivity index (χ1n) is 8.42. The molecule has 0 unspecified atom stereocenters. The van der Waals surface area contributed by atoms with E-state index in [0.29, 0.717) is 0 Å². The standard InChI is InChI=1S/C23H17NO/c1-25-21-13-7-11-17-18(21)14-19-16-10-5-6-12-20(16)24-23(19)22(17)15-8-3-2-4-9-15/h2-14,24H,1H3. The molecule has 0 amide bonds. The van der Waals surface area contributed by atoms with Gasteiger partial charge in [-0.3, -0.25) is 0 Å². The Bertz CT molecular complexity index is 1220. The number of rotatable bonds is 2. The monoisotopic (exact) mass is 323 g/mol. The fraction of sp³-hybridized carbons (Fsp3) is 0.0435. The first kappa shape index (κ1) is 14.1. The van der Waals surface area contributed by atoms with Gasteiger partial charge in [-0.1, -0.05) is 60.7 Å². The molecule has 1 N–H and O–H groups in total. The van der Waals surface area contributed by atoms with E-state index in [9.17, 15) is 0 Å². The Labute approximate surface area is 145 Å². The van der Waals surface area contributed by atoms with Crippen LogP contribution in [0.3, 0.4) is 0 Å². The molecule has 0 saturated carbocycles. The lowest BCUT2D eigenvalue weighted by Gasteiger charge is -2.12.